The van der Waals surface area contributed by atoms with Crippen molar-refractivity contribution in [3.63, 3.8) is 0 Å². The van der Waals surface area contributed by atoms with E-state index in [9.17, 15) is 5.11 Å². The highest BCUT2D eigenvalue weighted by Gasteiger charge is 2.20. The van der Waals surface area contributed by atoms with E-state index in [-0.39, 0.29) is 5.76 Å². The molecule has 0 radical (unpaired) electrons. The number of hydrogen-bond acceptors (Lipinski definition) is 5. The molecule has 0 aliphatic carbocycles. The zero-order valence-corrected chi connectivity index (χ0v) is 20.6. The van der Waals surface area contributed by atoms with Crippen LogP contribution in [-0.2, 0) is 0 Å². The van der Waals surface area contributed by atoms with Gasteiger partial charge in [-0.05, 0) is 60.6 Å². The summed E-state index contributed by atoms with van der Waals surface area (Å²) < 4.78 is 12.4. The zero-order chi connectivity index (χ0) is 24.1. The summed E-state index contributed by atoms with van der Waals surface area (Å²) in [7, 11) is 7.02. The van der Waals surface area contributed by atoms with E-state index in [2.05, 4.69) is 12.2 Å². The summed E-state index contributed by atoms with van der Waals surface area (Å²) >= 11 is 5.73. The van der Waals surface area contributed by atoms with Crippen LogP contribution in [0.1, 0.15) is 16.7 Å². The van der Waals surface area contributed by atoms with E-state index in [1.54, 1.807) is 29.9 Å². The van der Waals surface area contributed by atoms with Gasteiger partial charge in [-0.3, -0.25) is 0 Å². The molecule has 1 heterocycles. The van der Waals surface area contributed by atoms with Crippen molar-refractivity contribution in [1.29, 1.82) is 0 Å². The molecule has 6 nitrogen and oxygen atoms in total. The number of aryl methyl sites for hydroxylation is 2. The molecule has 0 saturated heterocycles. The van der Waals surface area contributed by atoms with Crippen LogP contribution in [0.25, 0.3) is 11.5 Å². The number of nitrogens with zero attached hydrogens (tertiary/aromatic N) is 2. The van der Waals surface area contributed by atoms with Gasteiger partial charge < -0.3 is 24.8 Å². The van der Waals surface area contributed by atoms with Gasteiger partial charge in [0.05, 0.1) is 14.2 Å². The van der Waals surface area contributed by atoms with E-state index < -0.39 is 0 Å². The lowest BCUT2D eigenvalue weighted by Gasteiger charge is -2.19. The van der Waals surface area contributed by atoms with Gasteiger partial charge in [0.1, 0.15) is 0 Å². The molecular formula is C26H29N3O3S. The average Bonchev–Trinajstić information content (AvgIpc) is 2.81. The van der Waals surface area contributed by atoms with Gasteiger partial charge in [-0.2, -0.15) is 4.57 Å². The van der Waals surface area contributed by atoms with E-state index >= 15 is 0 Å². The molecule has 3 aromatic rings. The van der Waals surface area contributed by atoms with Crippen LogP contribution in [0.4, 0.5) is 11.4 Å². The molecule has 0 aliphatic heterocycles. The molecule has 0 amide bonds. The van der Waals surface area contributed by atoms with E-state index in [4.69, 9.17) is 21.7 Å². The minimum Gasteiger partial charge on any atom is -0.867 e. The molecule has 0 unspecified atom stereocenters. The maximum absolute atomic E-state index is 13.7. The van der Waals surface area contributed by atoms with Crippen molar-refractivity contribution in [3.05, 3.63) is 77.6 Å². The first kappa shape index (κ1) is 24.1. The van der Waals surface area contributed by atoms with Crippen molar-refractivity contribution in [1.82, 2.24) is 0 Å². The molecule has 172 valence electrons. The molecule has 0 bridgehead atoms. The number of benzene rings is 2. The van der Waals surface area contributed by atoms with Gasteiger partial charge in [0.2, 0.25) is 5.70 Å². The van der Waals surface area contributed by atoms with Crippen LogP contribution in [0, 0.1) is 13.8 Å². The van der Waals surface area contributed by atoms with Crippen LogP contribution >= 0.6 is 12.2 Å². The van der Waals surface area contributed by atoms with Gasteiger partial charge in [-0.15, -0.1) is 0 Å². The Kier molecular flexibility index (Phi) is 7.55. The second kappa shape index (κ2) is 10.4. The smallest absolute Gasteiger partial charge is 0.238 e. The molecular weight excluding hydrogens is 434 g/mol. The highest BCUT2D eigenvalue weighted by atomic mass is 32.1. The Morgan fingerprint density at radius 3 is 2.15 bits per heavy atom. The molecule has 0 fully saturated rings. The molecule has 0 aliphatic rings. The van der Waals surface area contributed by atoms with Crippen molar-refractivity contribution in [3.8, 4) is 11.5 Å². The predicted molar refractivity (Wildman–Crippen MR) is 136 cm³/mol. The molecule has 3 rings (SSSR count). The molecule has 1 aromatic heterocycles. The summed E-state index contributed by atoms with van der Waals surface area (Å²) in [6.07, 6.45) is 3.66. The van der Waals surface area contributed by atoms with E-state index in [1.807, 2.05) is 68.6 Å². The van der Waals surface area contributed by atoms with E-state index in [0.29, 0.717) is 27.7 Å². The normalized spacial score (nSPS) is 11.5. The largest absolute Gasteiger partial charge is 0.867 e. The number of anilines is 2. The van der Waals surface area contributed by atoms with Crippen LogP contribution in [0.15, 0.2) is 60.9 Å². The lowest BCUT2D eigenvalue weighted by molar-refractivity contribution is -0.577. The van der Waals surface area contributed by atoms with Crippen molar-refractivity contribution >= 4 is 40.0 Å². The Morgan fingerprint density at radius 2 is 1.58 bits per heavy atom. The fraction of sp³-hybridized carbons (Fsp3) is 0.231. The van der Waals surface area contributed by atoms with Crippen molar-refractivity contribution in [2.45, 2.75) is 13.8 Å². The Hall–Kier alpha value is -3.58. The molecule has 2 aromatic carbocycles. The molecule has 33 heavy (non-hydrogen) atoms. The third-order valence-corrected chi connectivity index (χ3v) is 5.72. The number of hydrogen-bond donors (Lipinski definition) is 1. The standard InChI is InChI=1S/C26H29N3O3S/c1-17-7-9-20(15-18(17)2)27-26(33)24(29-13-11-21(12-14-29)28(3)4)25(30)19-8-10-22(31-5)23(16-19)32-6/h7-16H,1-6H3,(H-,27,30,33). The summed E-state index contributed by atoms with van der Waals surface area (Å²) in [6.45, 7) is 4.09. The van der Waals surface area contributed by atoms with Crippen molar-refractivity contribution in [2.24, 2.45) is 0 Å². The monoisotopic (exact) mass is 463 g/mol. The van der Waals surface area contributed by atoms with Gasteiger partial charge in [-0.25, -0.2) is 0 Å². The third-order valence-electron chi connectivity index (χ3n) is 5.43. The average molecular weight is 464 g/mol. The lowest BCUT2D eigenvalue weighted by Crippen LogP contribution is -2.40. The fourth-order valence-corrected chi connectivity index (χ4v) is 3.64. The SMILES string of the molecule is COc1ccc(C([O-])=C(C(=S)Nc2ccc(C)c(C)c2)[n+]2ccc(N(C)C)cc2)cc1OC. The first-order valence-corrected chi connectivity index (χ1v) is 10.9. The molecule has 0 saturated carbocycles. The predicted octanol–water partition coefficient (Wildman–Crippen LogP) is 3.80. The maximum atomic E-state index is 13.7. The number of ether oxygens (including phenoxy) is 2. The molecule has 1 N–H and O–H groups in total. The highest BCUT2D eigenvalue weighted by Crippen LogP contribution is 2.30. The number of aromatic nitrogens is 1. The Morgan fingerprint density at radius 1 is 0.909 bits per heavy atom. The van der Waals surface area contributed by atoms with Gasteiger partial charge >= 0.3 is 0 Å². The van der Waals surface area contributed by atoms with E-state index in [1.165, 1.54) is 12.7 Å². The van der Waals surface area contributed by atoms with Gasteiger partial charge in [0.25, 0.3) is 0 Å². The highest BCUT2D eigenvalue weighted by molar-refractivity contribution is 7.81. The number of methoxy groups -OCH3 is 2. The molecule has 0 atom stereocenters. The first-order valence-electron chi connectivity index (χ1n) is 10.5. The van der Waals surface area contributed by atoms with Crippen LogP contribution in [-0.4, -0.2) is 33.3 Å². The fourth-order valence-electron chi connectivity index (χ4n) is 3.33. The number of nitrogens with one attached hydrogen (secondary N) is 1. The van der Waals surface area contributed by atoms with Crippen molar-refractivity contribution < 1.29 is 19.1 Å². The summed E-state index contributed by atoms with van der Waals surface area (Å²) in [5.74, 6) is 0.790. The Bertz CT molecular complexity index is 1190. The Balaban J connectivity index is 2.11. The topological polar surface area (TPSA) is 60.7 Å². The van der Waals surface area contributed by atoms with Crippen LogP contribution < -0.4 is 29.4 Å². The molecule has 0 spiro atoms. The Labute approximate surface area is 200 Å². The van der Waals surface area contributed by atoms with E-state index in [0.717, 1.165) is 16.9 Å². The number of thiocarbonyl (C=S) groups is 1. The lowest BCUT2D eigenvalue weighted by atomic mass is 10.1. The van der Waals surface area contributed by atoms with Gasteiger partial charge in [-0.1, -0.05) is 24.4 Å². The van der Waals surface area contributed by atoms with Crippen LogP contribution in [0.2, 0.25) is 0 Å². The van der Waals surface area contributed by atoms with Crippen LogP contribution in [0.5, 0.6) is 11.5 Å². The minimum atomic E-state index is -0.236. The third kappa shape index (κ3) is 5.43. The van der Waals surface area contributed by atoms with Crippen LogP contribution in [0.3, 0.4) is 0 Å². The second-order valence-electron chi connectivity index (χ2n) is 7.86. The first-order chi connectivity index (χ1) is 15.7. The summed E-state index contributed by atoms with van der Waals surface area (Å²) in [6, 6.07) is 14.9. The van der Waals surface area contributed by atoms with Gasteiger partial charge in [0, 0.05) is 37.6 Å². The summed E-state index contributed by atoms with van der Waals surface area (Å²) in [4.78, 5) is 2.31. The second-order valence-corrected chi connectivity index (χ2v) is 8.27. The van der Waals surface area contributed by atoms with Crippen molar-refractivity contribution in [2.75, 3.05) is 38.5 Å². The summed E-state index contributed by atoms with van der Waals surface area (Å²) in [5, 5.41) is 16.9. The quantitative estimate of drug-likeness (QED) is 0.249. The minimum absolute atomic E-state index is 0.236. The number of pyridine rings is 1. The zero-order valence-electron chi connectivity index (χ0n) is 19.8. The number of rotatable bonds is 7. The molecule has 7 heteroatoms. The maximum Gasteiger partial charge on any atom is 0.238 e. The van der Waals surface area contributed by atoms with Gasteiger partial charge in [0.15, 0.2) is 28.9 Å². The summed E-state index contributed by atoms with van der Waals surface area (Å²) in [5.41, 5.74) is 4.93.